The van der Waals surface area contributed by atoms with E-state index in [4.69, 9.17) is 0 Å². The molecule has 2 saturated carbocycles. The van der Waals surface area contributed by atoms with Crippen molar-refractivity contribution in [2.45, 2.75) is 72.3 Å². The fraction of sp³-hybridized carbons (Fsp3) is 0.633. The number of Topliss-reactive ketones (excluding diaryl/α,β-unsaturated/α-hetero) is 2. The largest absolute Gasteiger partial charge is 0.481 e. The predicted molar refractivity (Wildman–Crippen MR) is 156 cm³/mol. The zero-order valence-electron chi connectivity index (χ0n) is 24.8. The van der Waals surface area contributed by atoms with Crippen molar-refractivity contribution in [3.63, 3.8) is 0 Å². The van der Waals surface area contributed by atoms with Gasteiger partial charge in [-0.25, -0.2) is 13.1 Å². The van der Waals surface area contributed by atoms with E-state index in [1.807, 2.05) is 44.2 Å². The Morgan fingerprint density at radius 2 is 1.74 bits per heavy atom. The molecule has 3 rings (SSSR count). The van der Waals surface area contributed by atoms with E-state index in [0.29, 0.717) is 25.8 Å². The summed E-state index contributed by atoms with van der Waals surface area (Å²) < 4.78 is 28.2. The van der Waals surface area contributed by atoms with Gasteiger partial charge in [-0.05, 0) is 42.1 Å². The third-order valence-corrected chi connectivity index (χ3v) is 10.7. The lowest BCUT2D eigenvalue weighted by Crippen LogP contribution is -2.51. The van der Waals surface area contributed by atoms with Gasteiger partial charge in [0.25, 0.3) is 0 Å². The molecule has 1 aromatic rings. The number of carbonyl (C=O) groups is 5. The molecule has 12 heteroatoms. The van der Waals surface area contributed by atoms with E-state index >= 15 is 0 Å². The van der Waals surface area contributed by atoms with Crippen LogP contribution in [-0.4, -0.2) is 67.8 Å². The van der Waals surface area contributed by atoms with Gasteiger partial charge in [-0.1, -0.05) is 58.0 Å². The molecule has 1 aromatic carbocycles. The summed E-state index contributed by atoms with van der Waals surface area (Å²) >= 11 is 0. The molecule has 0 aliphatic heterocycles. The minimum atomic E-state index is -4.08. The Morgan fingerprint density at radius 1 is 1.07 bits per heavy atom. The molecule has 232 valence electrons. The number of fused-ring (bicyclic) bond motifs is 2. The van der Waals surface area contributed by atoms with Crippen LogP contribution in [0.2, 0.25) is 0 Å². The lowest BCUT2D eigenvalue weighted by atomic mass is 9.70. The number of hydrogen-bond acceptors (Lipinski definition) is 7. The van der Waals surface area contributed by atoms with Crippen LogP contribution < -0.4 is 15.4 Å². The van der Waals surface area contributed by atoms with Gasteiger partial charge in [0.1, 0.15) is 5.78 Å². The summed E-state index contributed by atoms with van der Waals surface area (Å²) in [5.41, 5.74) is -0.456. The lowest BCUT2D eigenvalue weighted by Gasteiger charge is -2.36. The Kier molecular flexibility index (Phi) is 10.7. The SMILES string of the molecule is CC(C)C(CC(=O)NCCc1ccccc1)C(=O)NC(CC(=O)O)C(=O)CNS(=O)(=O)CC12CCC(CC1=O)C2(C)C. The van der Waals surface area contributed by atoms with E-state index in [9.17, 15) is 37.5 Å². The van der Waals surface area contributed by atoms with E-state index < -0.39 is 69.2 Å². The third-order valence-electron chi connectivity index (χ3n) is 9.25. The van der Waals surface area contributed by atoms with Gasteiger partial charge < -0.3 is 15.7 Å². The third kappa shape index (κ3) is 7.83. The fourth-order valence-electron chi connectivity index (χ4n) is 6.38. The second-order valence-electron chi connectivity index (χ2n) is 12.5. The number of carbonyl (C=O) groups excluding carboxylic acids is 4. The van der Waals surface area contributed by atoms with E-state index in [1.165, 1.54) is 0 Å². The number of carboxylic acids is 1. The zero-order valence-corrected chi connectivity index (χ0v) is 25.6. The van der Waals surface area contributed by atoms with Crippen LogP contribution in [0.5, 0.6) is 0 Å². The Bertz CT molecular complexity index is 1290. The monoisotopic (exact) mass is 605 g/mol. The first-order valence-electron chi connectivity index (χ1n) is 14.4. The summed E-state index contributed by atoms with van der Waals surface area (Å²) in [7, 11) is -4.08. The van der Waals surface area contributed by atoms with Crippen LogP contribution in [0, 0.1) is 28.6 Å². The molecular formula is C30H43N3O8S. The molecule has 0 saturated heterocycles. The van der Waals surface area contributed by atoms with Crippen molar-refractivity contribution in [1.29, 1.82) is 0 Å². The quantitative estimate of drug-likeness (QED) is 0.221. The molecule has 2 aliphatic rings. The summed E-state index contributed by atoms with van der Waals surface area (Å²) in [5.74, 6) is -4.75. The van der Waals surface area contributed by atoms with Gasteiger partial charge in [0.05, 0.1) is 24.8 Å². The molecule has 4 unspecified atom stereocenters. The van der Waals surface area contributed by atoms with Gasteiger partial charge in [0.2, 0.25) is 21.8 Å². The molecule has 0 aromatic heterocycles. The number of ketones is 2. The number of hydrogen-bond donors (Lipinski definition) is 4. The van der Waals surface area contributed by atoms with Gasteiger partial charge in [0.15, 0.2) is 5.78 Å². The molecule has 4 N–H and O–H groups in total. The number of aliphatic carboxylic acids is 1. The molecule has 2 aliphatic carbocycles. The number of benzene rings is 1. The van der Waals surface area contributed by atoms with Crippen molar-refractivity contribution >= 4 is 39.4 Å². The van der Waals surface area contributed by atoms with Crippen molar-refractivity contribution in [3.8, 4) is 0 Å². The molecule has 2 bridgehead atoms. The van der Waals surface area contributed by atoms with E-state index in [1.54, 1.807) is 13.8 Å². The smallest absolute Gasteiger partial charge is 0.305 e. The van der Waals surface area contributed by atoms with E-state index in [-0.39, 0.29) is 29.9 Å². The first-order valence-corrected chi connectivity index (χ1v) is 16.1. The lowest BCUT2D eigenvalue weighted by molar-refractivity contribution is -0.141. The van der Waals surface area contributed by atoms with Crippen LogP contribution in [0.1, 0.15) is 65.4 Å². The predicted octanol–water partition coefficient (Wildman–Crippen LogP) is 1.85. The van der Waals surface area contributed by atoms with Gasteiger partial charge in [-0.2, -0.15) is 0 Å². The first kappa shape index (κ1) is 33.4. The number of nitrogens with one attached hydrogen (secondary N) is 3. The van der Waals surface area contributed by atoms with Gasteiger partial charge in [-0.15, -0.1) is 0 Å². The minimum absolute atomic E-state index is 0.0831. The molecule has 0 spiro atoms. The van der Waals surface area contributed by atoms with Crippen molar-refractivity contribution < 1.29 is 37.5 Å². The van der Waals surface area contributed by atoms with Crippen LogP contribution in [-0.2, 0) is 40.4 Å². The molecule has 0 radical (unpaired) electrons. The number of carboxylic acid groups (broad SMARTS) is 1. The van der Waals surface area contributed by atoms with Gasteiger partial charge in [-0.3, -0.25) is 24.0 Å². The minimum Gasteiger partial charge on any atom is -0.481 e. The summed E-state index contributed by atoms with van der Waals surface area (Å²) in [6.07, 6.45) is 1.28. The standard InChI is InChI=1S/C30H43N3O8S/c1-19(2)22(15-26(36)31-13-11-20-8-6-5-7-9-20)28(39)33-23(16-27(37)38)24(34)17-32-42(40,41)18-30-12-10-21(14-25(30)35)29(30,3)4/h5-9,19,21-23,32H,10-18H2,1-4H3,(H,31,36)(H,33,39)(H,37,38). The first-order chi connectivity index (χ1) is 19.6. The molecule has 2 amide bonds. The highest BCUT2D eigenvalue weighted by Gasteiger charge is 2.65. The van der Waals surface area contributed by atoms with E-state index in [2.05, 4.69) is 15.4 Å². The van der Waals surface area contributed by atoms with Crippen molar-refractivity contribution in [2.24, 2.45) is 28.6 Å². The zero-order chi connectivity index (χ0) is 31.3. The van der Waals surface area contributed by atoms with Crippen LogP contribution in [0.4, 0.5) is 0 Å². The van der Waals surface area contributed by atoms with E-state index in [0.717, 1.165) is 12.0 Å². The van der Waals surface area contributed by atoms with Gasteiger partial charge in [0, 0.05) is 30.7 Å². The maximum absolute atomic E-state index is 13.1. The molecule has 11 nitrogen and oxygen atoms in total. The molecule has 2 fully saturated rings. The molecular weight excluding hydrogens is 562 g/mol. The normalized spacial score (nSPS) is 22.5. The van der Waals surface area contributed by atoms with Gasteiger partial charge >= 0.3 is 5.97 Å². The summed E-state index contributed by atoms with van der Waals surface area (Å²) in [6, 6.07) is 8.07. The second kappa shape index (κ2) is 13.5. The average Bonchev–Trinajstić information content (AvgIpc) is 3.24. The van der Waals surface area contributed by atoms with Crippen LogP contribution >= 0.6 is 0 Å². The number of sulfonamides is 1. The summed E-state index contributed by atoms with van der Waals surface area (Å²) in [4.78, 5) is 62.9. The summed E-state index contributed by atoms with van der Waals surface area (Å²) in [5, 5.41) is 14.6. The second-order valence-corrected chi connectivity index (χ2v) is 14.3. The Balaban J connectivity index is 1.59. The van der Waals surface area contributed by atoms with Crippen molar-refractivity contribution in [1.82, 2.24) is 15.4 Å². The van der Waals surface area contributed by atoms with Crippen LogP contribution in [0.25, 0.3) is 0 Å². The van der Waals surface area contributed by atoms with Crippen molar-refractivity contribution in [3.05, 3.63) is 35.9 Å². The Labute approximate surface area is 247 Å². The van der Waals surface area contributed by atoms with Crippen LogP contribution in [0.3, 0.4) is 0 Å². The maximum Gasteiger partial charge on any atom is 0.305 e. The Hall–Kier alpha value is -3.12. The summed E-state index contributed by atoms with van der Waals surface area (Å²) in [6.45, 7) is 6.93. The Morgan fingerprint density at radius 3 is 2.29 bits per heavy atom. The average molecular weight is 606 g/mol. The number of amides is 2. The molecule has 0 heterocycles. The maximum atomic E-state index is 13.1. The van der Waals surface area contributed by atoms with Crippen LogP contribution in [0.15, 0.2) is 30.3 Å². The topological polar surface area (TPSA) is 176 Å². The highest BCUT2D eigenvalue weighted by Crippen LogP contribution is 2.64. The molecule has 42 heavy (non-hydrogen) atoms. The van der Waals surface area contributed by atoms with Crippen molar-refractivity contribution in [2.75, 3.05) is 18.8 Å². The highest BCUT2D eigenvalue weighted by atomic mass is 32.2. The number of rotatable bonds is 16. The fourth-order valence-corrected chi connectivity index (χ4v) is 8.17. The molecule has 4 atom stereocenters. The highest BCUT2D eigenvalue weighted by molar-refractivity contribution is 7.89.